The number of anilines is 1. The lowest BCUT2D eigenvalue weighted by Gasteiger charge is -2.19. The van der Waals surface area contributed by atoms with Crippen molar-refractivity contribution in [2.75, 3.05) is 11.9 Å². The van der Waals surface area contributed by atoms with Gasteiger partial charge in [-0.25, -0.2) is 4.79 Å². The standard InChI is InChI=1S/C25H20ClN3O2/c1-28(19-8-3-2-4-9-19)25(30)31-24-23-21-10-6-5-7-17(21)11-16-22(23)27-29(24)20-14-12-18(26)13-15-20/h2-10,12-15H,11,16H2,1H3. The molecule has 0 radical (unpaired) electrons. The second-order valence-corrected chi connectivity index (χ2v) is 7.87. The van der Waals surface area contributed by atoms with Crippen LogP contribution in [-0.4, -0.2) is 22.9 Å². The average Bonchev–Trinajstić information content (AvgIpc) is 3.18. The molecule has 0 N–H and O–H groups in total. The van der Waals surface area contributed by atoms with Gasteiger partial charge in [-0.3, -0.25) is 4.90 Å². The Morgan fingerprint density at radius 3 is 2.45 bits per heavy atom. The minimum atomic E-state index is -0.479. The molecule has 1 aliphatic rings. The highest BCUT2D eigenvalue weighted by Crippen LogP contribution is 2.41. The predicted molar refractivity (Wildman–Crippen MR) is 122 cm³/mol. The lowest BCUT2D eigenvalue weighted by Crippen LogP contribution is -2.30. The van der Waals surface area contributed by atoms with Crippen LogP contribution < -0.4 is 9.64 Å². The van der Waals surface area contributed by atoms with Crippen molar-refractivity contribution in [3.63, 3.8) is 0 Å². The summed E-state index contributed by atoms with van der Waals surface area (Å²) < 4.78 is 7.69. The van der Waals surface area contributed by atoms with E-state index >= 15 is 0 Å². The highest BCUT2D eigenvalue weighted by Gasteiger charge is 2.29. The number of fused-ring (bicyclic) bond motifs is 3. The van der Waals surface area contributed by atoms with Crippen LogP contribution in [0.2, 0.25) is 5.02 Å². The number of aryl methyl sites for hydroxylation is 2. The van der Waals surface area contributed by atoms with E-state index in [2.05, 4.69) is 12.1 Å². The number of amides is 1. The summed E-state index contributed by atoms with van der Waals surface area (Å²) in [7, 11) is 1.70. The maximum absolute atomic E-state index is 13.1. The van der Waals surface area contributed by atoms with E-state index < -0.39 is 6.09 Å². The third kappa shape index (κ3) is 3.57. The third-order valence-corrected chi connectivity index (χ3v) is 5.76. The van der Waals surface area contributed by atoms with E-state index in [1.54, 1.807) is 23.9 Å². The van der Waals surface area contributed by atoms with Crippen LogP contribution in [0.1, 0.15) is 11.3 Å². The SMILES string of the molecule is CN(C(=O)Oc1c2c(nn1-c1ccc(Cl)cc1)CCc1ccccc1-2)c1ccccc1. The fraction of sp³-hybridized carbons (Fsp3) is 0.120. The summed E-state index contributed by atoms with van der Waals surface area (Å²) in [5, 5.41) is 5.45. The summed E-state index contributed by atoms with van der Waals surface area (Å²) in [6.07, 6.45) is 1.21. The number of carbonyl (C=O) groups is 1. The maximum Gasteiger partial charge on any atom is 0.420 e. The summed E-state index contributed by atoms with van der Waals surface area (Å²) in [5.41, 5.74) is 5.58. The van der Waals surface area contributed by atoms with Gasteiger partial charge in [0, 0.05) is 17.8 Å². The van der Waals surface area contributed by atoms with E-state index in [9.17, 15) is 4.79 Å². The van der Waals surface area contributed by atoms with Crippen molar-refractivity contribution in [2.24, 2.45) is 0 Å². The monoisotopic (exact) mass is 429 g/mol. The molecule has 0 saturated heterocycles. The van der Waals surface area contributed by atoms with Crippen LogP contribution in [0.25, 0.3) is 16.8 Å². The Hall–Kier alpha value is -3.57. The van der Waals surface area contributed by atoms with Gasteiger partial charge in [-0.2, -0.15) is 9.78 Å². The fourth-order valence-electron chi connectivity index (χ4n) is 3.89. The second-order valence-electron chi connectivity index (χ2n) is 7.43. The number of rotatable bonds is 3. The van der Waals surface area contributed by atoms with Crippen molar-refractivity contribution in [2.45, 2.75) is 12.8 Å². The Bertz CT molecular complexity index is 1250. The number of carbonyl (C=O) groups excluding carboxylic acids is 1. The highest BCUT2D eigenvalue weighted by molar-refractivity contribution is 6.30. The Morgan fingerprint density at radius 1 is 0.968 bits per heavy atom. The minimum Gasteiger partial charge on any atom is -0.390 e. The first-order valence-corrected chi connectivity index (χ1v) is 10.5. The van der Waals surface area contributed by atoms with E-state index in [0.29, 0.717) is 10.9 Å². The largest absolute Gasteiger partial charge is 0.420 e. The van der Waals surface area contributed by atoms with Crippen molar-refractivity contribution in [3.05, 3.63) is 95.1 Å². The van der Waals surface area contributed by atoms with E-state index in [1.807, 2.05) is 54.6 Å². The Balaban J connectivity index is 1.62. The lowest BCUT2D eigenvalue weighted by molar-refractivity contribution is 0.206. The summed E-state index contributed by atoms with van der Waals surface area (Å²) >= 11 is 6.08. The van der Waals surface area contributed by atoms with Gasteiger partial charge in [0.15, 0.2) is 0 Å². The average molecular weight is 430 g/mol. The van der Waals surface area contributed by atoms with Gasteiger partial charge >= 0.3 is 6.09 Å². The Labute approximate surface area is 185 Å². The second kappa shape index (κ2) is 7.93. The van der Waals surface area contributed by atoms with E-state index in [-0.39, 0.29) is 0 Å². The van der Waals surface area contributed by atoms with Crippen molar-refractivity contribution in [3.8, 4) is 22.7 Å². The van der Waals surface area contributed by atoms with Crippen molar-refractivity contribution in [1.29, 1.82) is 0 Å². The molecule has 0 fully saturated rings. The number of nitrogens with zero attached hydrogens (tertiary/aromatic N) is 3. The molecule has 1 aliphatic carbocycles. The van der Waals surface area contributed by atoms with Crippen LogP contribution in [0.3, 0.4) is 0 Å². The van der Waals surface area contributed by atoms with Gasteiger partial charge in [0.1, 0.15) is 0 Å². The number of benzene rings is 3. The first-order chi connectivity index (χ1) is 15.1. The molecule has 5 nitrogen and oxygen atoms in total. The lowest BCUT2D eigenvalue weighted by atomic mass is 9.90. The third-order valence-electron chi connectivity index (χ3n) is 5.51. The zero-order chi connectivity index (χ0) is 21.4. The molecule has 4 aromatic rings. The minimum absolute atomic E-state index is 0.414. The number of hydrogen-bond donors (Lipinski definition) is 0. The topological polar surface area (TPSA) is 47.4 Å². The predicted octanol–water partition coefficient (Wildman–Crippen LogP) is 5.93. The van der Waals surface area contributed by atoms with Gasteiger partial charge in [-0.05, 0) is 60.4 Å². The number of halogens is 1. The number of aromatic nitrogens is 2. The van der Waals surface area contributed by atoms with Crippen LogP contribution in [0.4, 0.5) is 10.5 Å². The Kier molecular flexibility index (Phi) is 4.96. The molecule has 5 rings (SSSR count). The summed E-state index contributed by atoms with van der Waals surface area (Å²) in [6.45, 7) is 0. The molecule has 0 unspecified atom stereocenters. The fourth-order valence-corrected chi connectivity index (χ4v) is 4.01. The van der Waals surface area contributed by atoms with Crippen LogP contribution in [0.15, 0.2) is 78.9 Å². The molecule has 0 aliphatic heterocycles. The van der Waals surface area contributed by atoms with Crippen molar-refractivity contribution >= 4 is 23.4 Å². The van der Waals surface area contributed by atoms with Crippen LogP contribution in [-0.2, 0) is 12.8 Å². The molecular formula is C25H20ClN3O2. The highest BCUT2D eigenvalue weighted by atomic mass is 35.5. The normalized spacial score (nSPS) is 12.1. The number of hydrogen-bond acceptors (Lipinski definition) is 3. The molecular weight excluding hydrogens is 410 g/mol. The van der Waals surface area contributed by atoms with Crippen LogP contribution in [0, 0.1) is 0 Å². The van der Waals surface area contributed by atoms with Crippen molar-refractivity contribution in [1.82, 2.24) is 9.78 Å². The molecule has 0 spiro atoms. The van der Waals surface area contributed by atoms with Crippen LogP contribution in [0.5, 0.6) is 5.88 Å². The quantitative estimate of drug-likeness (QED) is 0.405. The van der Waals surface area contributed by atoms with Gasteiger partial charge in [0.2, 0.25) is 5.88 Å². The van der Waals surface area contributed by atoms with Gasteiger partial charge in [-0.15, -0.1) is 0 Å². The van der Waals surface area contributed by atoms with Gasteiger partial charge in [0.05, 0.1) is 16.9 Å². The molecule has 1 aromatic heterocycles. The summed E-state index contributed by atoms with van der Waals surface area (Å²) in [6, 6.07) is 24.9. The van der Waals surface area contributed by atoms with Gasteiger partial charge in [-0.1, -0.05) is 54.1 Å². The molecule has 1 amide bonds. The van der Waals surface area contributed by atoms with Gasteiger partial charge in [0.25, 0.3) is 0 Å². The molecule has 3 aromatic carbocycles. The van der Waals surface area contributed by atoms with Crippen molar-refractivity contribution < 1.29 is 9.53 Å². The zero-order valence-corrected chi connectivity index (χ0v) is 17.7. The molecule has 0 atom stereocenters. The summed E-state index contributed by atoms with van der Waals surface area (Å²) in [5.74, 6) is 0.414. The number of para-hydroxylation sites is 1. The molecule has 154 valence electrons. The van der Waals surface area contributed by atoms with E-state index in [1.165, 1.54) is 10.5 Å². The molecule has 31 heavy (non-hydrogen) atoms. The Morgan fingerprint density at radius 2 is 1.68 bits per heavy atom. The molecule has 1 heterocycles. The molecule has 0 bridgehead atoms. The van der Waals surface area contributed by atoms with Crippen LogP contribution >= 0.6 is 11.6 Å². The first kappa shape index (κ1) is 19.4. The summed E-state index contributed by atoms with van der Waals surface area (Å²) in [4.78, 5) is 14.6. The van der Waals surface area contributed by atoms with Gasteiger partial charge < -0.3 is 4.74 Å². The maximum atomic E-state index is 13.1. The zero-order valence-electron chi connectivity index (χ0n) is 17.0. The number of ether oxygens (including phenoxy) is 1. The van der Waals surface area contributed by atoms with E-state index in [0.717, 1.165) is 41.0 Å². The smallest absolute Gasteiger partial charge is 0.390 e. The first-order valence-electron chi connectivity index (χ1n) is 10.1. The molecule has 6 heteroatoms. The molecule has 0 saturated carbocycles. The van der Waals surface area contributed by atoms with E-state index in [4.69, 9.17) is 21.4 Å².